The van der Waals surface area contributed by atoms with Crippen molar-refractivity contribution in [3.05, 3.63) is 23.5 Å². The van der Waals surface area contributed by atoms with E-state index in [1.165, 1.54) is 0 Å². The lowest BCUT2D eigenvalue weighted by Gasteiger charge is -2.23. The molecule has 0 saturated carbocycles. The number of amides is 1. The minimum Gasteiger partial charge on any atom is -0.355 e. The summed E-state index contributed by atoms with van der Waals surface area (Å²) in [7, 11) is 0. The fraction of sp³-hybridized carbons (Fsp3) is 0.462. The van der Waals surface area contributed by atoms with Crippen molar-refractivity contribution in [3.63, 3.8) is 0 Å². The van der Waals surface area contributed by atoms with Gasteiger partial charge in [0, 0.05) is 45.2 Å². The average Bonchev–Trinajstić information content (AvgIpc) is 2.73. The molecule has 7 heteroatoms. The largest absolute Gasteiger partial charge is 0.355 e. The summed E-state index contributed by atoms with van der Waals surface area (Å²) in [4.78, 5) is 19.8. The number of hydrogen-bond acceptors (Lipinski definition) is 4. The van der Waals surface area contributed by atoms with Gasteiger partial charge in [-0.2, -0.15) is 9.61 Å². The van der Waals surface area contributed by atoms with Crippen LogP contribution in [0.3, 0.4) is 0 Å². The smallest absolute Gasteiger partial charge is 0.219 e. The molecule has 1 fully saturated rings. The lowest BCUT2D eigenvalue weighted by molar-refractivity contribution is -0.128. The first kappa shape index (κ1) is 13.2. The molecule has 1 aliphatic rings. The maximum absolute atomic E-state index is 11.5. The van der Waals surface area contributed by atoms with Crippen LogP contribution in [0, 0.1) is 0 Å². The molecule has 6 nitrogen and oxygen atoms in total. The Kier molecular flexibility index (Phi) is 3.48. The fourth-order valence-corrected chi connectivity index (χ4v) is 2.74. The molecule has 0 spiro atoms. The first-order valence-electron chi connectivity index (χ1n) is 6.66. The van der Waals surface area contributed by atoms with E-state index in [1.807, 2.05) is 17.0 Å². The summed E-state index contributed by atoms with van der Waals surface area (Å²) in [6, 6.07) is 3.65. The van der Waals surface area contributed by atoms with Crippen molar-refractivity contribution in [2.45, 2.75) is 13.3 Å². The Bertz CT molecular complexity index is 641. The Balaban J connectivity index is 1.91. The number of carbonyl (C=O) groups excluding carboxylic acids is 1. The molecule has 3 heterocycles. The van der Waals surface area contributed by atoms with E-state index < -0.39 is 0 Å². The van der Waals surface area contributed by atoms with Crippen molar-refractivity contribution in [2.24, 2.45) is 0 Å². The summed E-state index contributed by atoms with van der Waals surface area (Å²) in [6.45, 7) is 4.78. The highest BCUT2D eigenvalue weighted by atomic mass is 35.5. The standard InChI is InChI=1S/C13H16ClN5O/c1-10(20)17-5-2-6-18(8-7-17)13-9-11(14)16-12-3-4-15-19(12)13/h3-4,9H,2,5-8H2,1H3. The van der Waals surface area contributed by atoms with Crippen LogP contribution in [0.15, 0.2) is 18.3 Å². The second-order valence-electron chi connectivity index (χ2n) is 4.88. The van der Waals surface area contributed by atoms with Crippen LogP contribution in [0.2, 0.25) is 5.15 Å². The molecule has 0 bridgehead atoms. The average molecular weight is 294 g/mol. The molecule has 20 heavy (non-hydrogen) atoms. The van der Waals surface area contributed by atoms with Gasteiger partial charge >= 0.3 is 0 Å². The molecule has 0 radical (unpaired) electrons. The Morgan fingerprint density at radius 1 is 1.30 bits per heavy atom. The number of hydrogen-bond donors (Lipinski definition) is 0. The predicted octanol–water partition coefficient (Wildman–Crippen LogP) is 1.44. The molecule has 3 rings (SSSR count). The minimum absolute atomic E-state index is 0.129. The lowest BCUT2D eigenvalue weighted by atomic mass is 10.3. The SMILES string of the molecule is CC(=O)N1CCCN(c2cc(Cl)nc3ccnn23)CC1. The zero-order valence-electron chi connectivity index (χ0n) is 11.3. The number of halogens is 1. The van der Waals surface area contributed by atoms with E-state index >= 15 is 0 Å². The van der Waals surface area contributed by atoms with Crippen LogP contribution in [-0.4, -0.2) is 51.6 Å². The maximum Gasteiger partial charge on any atom is 0.219 e. The Hall–Kier alpha value is -1.82. The van der Waals surface area contributed by atoms with Gasteiger partial charge in [-0.1, -0.05) is 11.6 Å². The number of anilines is 1. The van der Waals surface area contributed by atoms with E-state index in [0.717, 1.165) is 44.1 Å². The van der Waals surface area contributed by atoms with Crippen LogP contribution in [0.1, 0.15) is 13.3 Å². The third-order valence-corrected chi connectivity index (χ3v) is 3.77. The number of aromatic nitrogens is 3. The molecule has 0 aromatic carbocycles. The van der Waals surface area contributed by atoms with Gasteiger partial charge in [-0.05, 0) is 6.42 Å². The van der Waals surface area contributed by atoms with Crippen molar-refractivity contribution in [1.29, 1.82) is 0 Å². The number of carbonyl (C=O) groups is 1. The molecular weight excluding hydrogens is 278 g/mol. The molecule has 1 amide bonds. The summed E-state index contributed by atoms with van der Waals surface area (Å²) in [6.07, 6.45) is 2.64. The highest BCUT2D eigenvalue weighted by molar-refractivity contribution is 6.29. The number of rotatable bonds is 1. The Morgan fingerprint density at radius 2 is 2.15 bits per heavy atom. The molecule has 0 unspecified atom stereocenters. The van der Waals surface area contributed by atoms with Gasteiger partial charge < -0.3 is 9.80 Å². The summed E-state index contributed by atoms with van der Waals surface area (Å²) in [5, 5.41) is 4.75. The van der Waals surface area contributed by atoms with Gasteiger partial charge in [0.25, 0.3) is 0 Å². The molecule has 0 aliphatic carbocycles. The topological polar surface area (TPSA) is 53.7 Å². The third kappa shape index (κ3) is 2.43. The lowest BCUT2D eigenvalue weighted by Crippen LogP contribution is -2.34. The molecule has 106 valence electrons. The van der Waals surface area contributed by atoms with E-state index in [2.05, 4.69) is 15.0 Å². The summed E-state index contributed by atoms with van der Waals surface area (Å²) >= 11 is 6.08. The number of fused-ring (bicyclic) bond motifs is 1. The monoisotopic (exact) mass is 293 g/mol. The summed E-state index contributed by atoms with van der Waals surface area (Å²) in [5.74, 6) is 1.05. The first-order chi connectivity index (χ1) is 9.65. The van der Waals surface area contributed by atoms with Gasteiger partial charge in [-0.25, -0.2) is 4.98 Å². The first-order valence-corrected chi connectivity index (χ1v) is 7.04. The Labute approximate surface area is 121 Å². The maximum atomic E-state index is 11.5. The van der Waals surface area contributed by atoms with E-state index in [4.69, 9.17) is 11.6 Å². The van der Waals surface area contributed by atoms with Crippen LogP contribution >= 0.6 is 11.6 Å². The van der Waals surface area contributed by atoms with Crippen molar-refractivity contribution in [3.8, 4) is 0 Å². The molecule has 0 N–H and O–H groups in total. The second kappa shape index (κ2) is 5.28. The van der Waals surface area contributed by atoms with Gasteiger partial charge in [-0.3, -0.25) is 4.79 Å². The van der Waals surface area contributed by atoms with Crippen LogP contribution in [0.4, 0.5) is 5.82 Å². The molecule has 0 atom stereocenters. The zero-order chi connectivity index (χ0) is 14.1. The van der Waals surface area contributed by atoms with E-state index in [-0.39, 0.29) is 5.91 Å². The Morgan fingerprint density at radius 3 is 2.95 bits per heavy atom. The normalized spacial score (nSPS) is 16.5. The summed E-state index contributed by atoms with van der Waals surface area (Å²) in [5.41, 5.74) is 0.736. The van der Waals surface area contributed by atoms with Gasteiger partial charge in [-0.15, -0.1) is 0 Å². The second-order valence-corrected chi connectivity index (χ2v) is 5.27. The quantitative estimate of drug-likeness (QED) is 0.747. The highest BCUT2D eigenvalue weighted by Gasteiger charge is 2.19. The van der Waals surface area contributed by atoms with Crippen molar-refractivity contribution in [1.82, 2.24) is 19.5 Å². The predicted molar refractivity (Wildman–Crippen MR) is 77.1 cm³/mol. The van der Waals surface area contributed by atoms with Gasteiger partial charge in [0.1, 0.15) is 11.0 Å². The van der Waals surface area contributed by atoms with E-state index in [0.29, 0.717) is 5.15 Å². The van der Waals surface area contributed by atoms with Gasteiger partial charge in [0.2, 0.25) is 5.91 Å². The van der Waals surface area contributed by atoms with E-state index in [9.17, 15) is 4.79 Å². The van der Waals surface area contributed by atoms with Gasteiger partial charge in [0.05, 0.1) is 6.20 Å². The minimum atomic E-state index is 0.129. The molecular formula is C13H16ClN5O. The van der Waals surface area contributed by atoms with Gasteiger partial charge in [0.15, 0.2) is 5.65 Å². The van der Waals surface area contributed by atoms with Crippen LogP contribution < -0.4 is 4.90 Å². The fourth-order valence-electron chi connectivity index (χ4n) is 2.55. The number of nitrogens with zero attached hydrogens (tertiary/aromatic N) is 5. The third-order valence-electron chi connectivity index (χ3n) is 3.57. The van der Waals surface area contributed by atoms with Crippen molar-refractivity contribution in [2.75, 3.05) is 31.1 Å². The zero-order valence-corrected chi connectivity index (χ0v) is 12.0. The van der Waals surface area contributed by atoms with Crippen LogP contribution in [0.25, 0.3) is 5.65 Å². The molecule has 2 aromatic heterocycles. The highest BCUT2D eigenvalue weighted by Crippen LogP contribution is 2.21. The van der Waals surface area contributed by atoms with Crippen molar-refractivity contribution < 1.29 is 4.79 Å². The van der Waals surface area contributed by atoms with Crippen molar-refractivity contribution >= 4 is 29.0 Å². The van der Waals surface area contributed by atoms with Crippen LogP contribution in [-0.2, 0) is 4.79 Å². The molecule has 2 aromatic rings. The van der Waals surface area contributed by atoms with E-state index in [1.54, 1.807) is 17.6 Å². The summed E-state index contributed by atoms with van der Waals surface area (Å²) < 4.78 is 1.79. The molecule has 1 saturated heterocycles. The van der Waals surface area contributed by atoms with Crippen LogP contribution in [0.5, 0.6) is 0 Å². The molecule has 1 aliphatic heterocycles.